The molecule has 32 heavy (non-hydrogen) atoms. The summed E-state index contributed by atoms with van der Waals surface area (Å²) in [5.74, 6) is 0.787. The van der Waals surface area contributed by atoms with Gasteiger partial charge in [-0.15, -0.1) is 0 Å². The summed E-state index contributed by atoms with van der Waals surface area (Å²) in [6, 6.07) is 4.28. The van der Waals surface area contributed by atoms with Crippen molar-refractivity contribution in [2.75, 3.05) is 0 Å². The lowest BCUT2D eigenvalue weighted by Crippen LogP contribution is -1.95. The molecule has 0 aliphatic rings. The van der Waals surface area contributed by atoms with Crippen LogP contribution in [0, 0.1) is 0 Å². The maximum absolute atomic E-state index is 4.66. The van der Waals surface area contributed by atoms with E-state index in [1.54, 1.807) is 0 Å². The van der Waals surface area contributed by atoms with Gasteiger partial charge in [-0.3, -0.25) is 4.98 Å². The molecule has 0 atom stereocenters. The molecule has 0 aromatic carbocycles. The van der Waals surface area contributed by atoms with Crippen molar-refractivity contribution < 1.29 is 0 Å². The van der Waals surface area contributed by atoms with Crippen LogP contribution in [0.4, 0.5) is 0 Å². The van der Waals surface area contributed by atoms with E-state index in [1.165, 1.54) is 114 Å². The normalized spacial score (nSPS) is 11.2. The van der Waals surface area contributed by atoms with Crippen LogP contribution in [-0.4, -0.2) is 15.0 Å². The first-order chi connectivity index (χ1) is 15.8. The van der Waals surface area contributed by atoms with Gasteiger partial charge in [0.25, 0.3) is 0 Å². The molecule has 2 heterocycles. The molecule has 0 unspecified atom stereocenters. The summed E-state index contributed by atoms with van der Waals surface area (Å²) in [7, 11) is 0. The maximum atomic E-state index is 4.66. The number of aromatic nitrogens is 3. The minimum Gasteiger partial charge on any atom is -0.261 e. The van der Waals surface area contributed by atoms with Crippen molar-refractivity contribution in [2.45, 2.75) is 129 Å². The Morgan fingerprint density at radius 2 is 1.00 bits per heavy atom. The number of nitrogens with zero attached hydrogens (tertiary/aromatic N) is 3. The molecule has 3 nitrogen and oxygen atoms in total. The fourth-order valence-corrected chi connectivity index (χ4v) is 4.24. The predicted octanol–water partition coefficient (Wildman–Crippen LogP) is 8.91. The molecular formula is C29H47N3. The van der Waals surface area contributed by atoms with Gasteiger partial charge in [0, 0.05) is 29.8 Å². The standard InChI is InChI=1S/C29H47N3/c1-3-5-7-9-11-12-14-16-18-20-28-22-21-27(25-30-28)29-31-23-26(24-32-29)19-17-15-13-10-8-6-4-2/h21-25H,3-20H2,1-2H3. The lowest BCUT2D eigenvalue weighted by atomic mass is 10.1. The van der Waals surface area contributed by atoms with Crippen LogP contribution in [0.1, 0.15) is 128 Å². The molecule has 0 N–H and O–H groups in total. The summed E-state index contributed by atoms with van der Waals surface area (Å²) in [5, 5.41) is 0. The molecule has 0 aliphatic carbocycles. The molecule has 0 saturated heterocycles. The highest BCUT2D eigenvalue weighted by atomic mass is 14.9. The van der Waals surface area contributed by atoms with Gasteiger partial charge in [0.1, 0.15) is 0 Å². The van der Waals surface area contributed by atoms with E-state index in [0.717, 1.165) is 24.2 Å². The molecule has 2 aromatic rings. The smallest absolute Gasteiger partial charge is 0.160 e. The highest BCUT2D eigenvalue weighted by Gasteiger charge is 2.04. The van der Waals surface area contributed by atoms with E-state index < -0.39 is 0 Å². The Morgan fingerprint density at radius 1 is 0.500 bits per heavy atom. The van der Waals surface area contributed by atoms with Crippen molar-refractivity contribution >= 4 is 0 Å². The number of hydrogen-bond donors (Lipinski definition) is 0. The van der Waals surface area contributed by atoms with E-state index in [-0.39, 0.29) is 0 Å². The van der Waals surface area contributed by atoms with Crippen LogP contribution in [0.3, 0.4) is 0 Å². The van der Waals surface area contributed by atoms with Gasteiger partial charge in [0.2, 0.25) is 0 Å². The summed E-state index contributed by atoms with van der Waals surface area (Å²) < 4.78 is 0. The molecule has 2 rings (SSSR count). The third-order valence-electron chi connectivity index (χ3n) is 6.39. The number of unbranched alkanes of at least 4 members (excludes halogenated alkanes) is 14. The average molecular weight is 438 g/mol. The van der Waals surface area contributed by atoms with Gasteiger partial charge in [-0.1, -0.05) is 104 Å². The maximum Gasteiger partial charge on any atom is 0.160 e. The topological polar surface area (TPSA) is 38.7 Å². The van der Waals surface area contributed by atoms with Crippen LogP contribution in [0.25, 0.3) is 11.4 Å². The number of pyridine rings is 1. The third-order valence-corrected chi connectivity index (χ3v) is 6.39. The van der Waals surface area contributed by atoms with Crippen molar-refractivity contribution in [1.82, 2.24) is 15.0 Å². The van der Waals surface area contributed by atoms with Crippen molar-refractivity contribution in [3.8, 4) is 11.4 Å². The highest BCUT2D eigenvalue weighted by Crippen LogP contribution is 2.16. The van der Waals surface area contributed by atoms with Crippen molar-refractivity contribution in [1.29, 1.82) is 0 Å². The molecular weight excluding hydrogens is 390 g/mol. The Labute approximate surface area is 197 Å². The summed E-state index contributed by atoms with van der Waals surface area (Å²) in [6.07, 6.45) is 29.8. The fourth-order valence-electron chi connectivity index (χ4n) is 4.24. The molecule has 0 amide bonds. The van der Waals surface area contributed by atoms with E-state index in [9.17, 15) is 0 Å². The molecule has 0 radical (unpaired) electrons. The lowest BCUT2D eigenvalue weighted by molar-refractivity contribution is 0.563. The van der Waals surface area contributed by atoms with Crippen molar-refractivity contribution in [2.24, 2.45) is 0 Å². The molecule has 0 fully saturated rings. The molecule has 0 aliphatic heterocycles. The Morgan fingerprint density at radius 3 is 1.50 bits per heavy atom. The van der Waals surface area contributed by atoms with Gasteiger partial charge in [-0.25, -0.2) is 9.97 Å². The Hall–Kier alpha value is -1.77. The number of rotatable bonds is 19. The number of aryl methyl sites for hydroxylation is 2. The van der Waals surface area contributed by atoms with Crippen LogP contribution in [0.15, 0.2) is 30.7 Å². The molecule has 178 valence electrons. The van der Waals surface area contributed by atoms with E-state index >= 15 is 0 Å². The number of hydrogen-bond acceptors (Lipinski definition) is 3. The minimum absolute atomic E-state index is 0.787. The molecule has 0 spiro atoms. The van der Waals surface area contributed by atoms with E-state index in [1.807, 2.05) is 18.6 Å². The first kappa shape index (κ1) is 26.5. The van der Waals surface area contributed by atoms with Gasteiger partial charge < -0.3 is 0 Å². The first-order valence-electron chi connectivity index (χ1n) is 13.6. The van der Waals surface area contributed by atoms with Crippen LogP contribution >= 0.6 is 0 Å². The molecule has 3 heteroatoms. The minimum atomic E-state index is 0.787. The second-order valence-corrected chi connectivity index (χ2v) is 9.40. The first-order valence-corrected chi connectivity index (χ1v) is 13.6. The summed E-state index contributed by atoms with van der Waals surface area (Å²) in [4.78, 5) is 13.8. The van der Waals surface area contributed by atoms with E-state index in [2.05, 4.69) is 40.9 Å². The largest absolute Gasteiger partial charge is 0.261 e. The van der Waals surface area contributed by atoms with Crippen molar-refractivity contribution in [3.63, 3.8) is 0 Å². The quantitative estimate of drug-likeness (QED) is 0.206. The Bertz CT molecular complexity index is 679. The summed E-state index contributed by atoms with van der Waals surface area (Å²) in [6.45, 7) is 4.55. The second-order valence-electron chi connectivity index (χ2n) is 9.40. The van der Waals surface area contributed by atoms with E-state index in [4.69, 9.17) is 0 Å². The lowest BCUT2D eigenvalue weighted by Gasteiger charge is -2.05. The van der Waals surface area contributed by atoms with Gasteiger partial charge in [0.15, 0.2) is 5.82 Å². The van der Waals surface area contributed by atoms with Gasteiger partial charge in [0.05, 0.1) is 0 Å². The van der Waals surface area contributed by atoms with Gasteiger partial charge in [-0.2, -0.15) is 0 Å². The summed E-state index contributed by atoms with van der Waals surface area (Å²) in [5.41, 5.74) is 3.45. The summed E-state index contributed by atoms with van der Waals surface area (Å²) >= 11 is 0. The van der Waals surface area contributed by atoms with Crippen LogP contribution in [0.2, 0.25) is 0 Å². The molecule has 2 aromatic heterocycles. The Kier molecular flexibility index (Phi) is 14.7. The van der Waals surface area contributed by atoms with Gasteiger partial charge in [-0.05, 0) is 43.4 Å². The average Bonchev–Trinajstić information content (AvgIpc) is 2.83. The van der Waals surface area contributed by atoms with Crippen LogP contribution < -0.4 is 0 Å². The van der Waals surface area contributed by atoms with Crippen molar-refractivity contribution in [3.05, 3.63) is 42.0 Å². The van der Waals surface area contributed by atoms with Crippen LogP contribution in [0.5, 0.6) is 0 Å². The van der Waals surface area contributed by atoms with Crippen LogP contribution in [-0.2, 0) is 12.8 Å². The monoisotopic (exact) mass is 437 g/mol. The second kappa shape index (κ2) is 17.7. The van der Waals surface area contributed by atoms with Gasteiger partial charge >= 0.3 is 0 Å². The zero-order valence-corrected chi connectivity index (χ0v) is 21.0. The third kappa shape index (κ3) is 11.7. The fraction of sp³-hybridized carbons (Fsp3) is 0.690. The molecule has 0 saturated carbocycles. The molecule has 0 bridgehead atoms. The zero-order valence-electron chi connectivity index (χ0n) is 21.0. The Balaban J connectivity index is 1.60. The SMILES string of the molecule is CCCCCCCCCCCc1ccc(-c2ncc(CCCCCCCCC)cn2)cn1. The van der Waals surface area contributed by atoms with E-state index in [0.29, 0.717) is 0 Å². The predicted molar refractivity (Wildman–Crippen MR) is 138 cm³/mol. The zero-order chi connectivity index (χ0) is 22.7. The highest BCUT2D eigenvalue weighted by molar-refractivity contribution is 5.53.